The van der Waals surface area contributed by atoms with Gasteiger partial charge < -0.3 is 19.1 Å². The molecule has 0 unspecified atom stereocenters. The number of carbonyl (C=O) groups is 1. The first-order chi connectivity index (χ1) is 12.0. The molecule has 0 spiro atoms. The number of pyridine rings is 1. The highest BCUT2D eigenvalue weighted by Crippen LogP contribution is 2.33. The molecule has 1 N–H and O–H groups in total. The average Bonchev–Trinajstić information content (AvgIpc) is 2.89. The molecule has 0 saturated carbocycles. The van der Waals surface area contributed by atoms with Gasteiger partial charge in [-0.2, -0.15) is 0 Å². The van der Waals surface area contributed by atoms with Crippen LogP contribution in [0.25, 0.3) is 10.9 Å². The monoisotopic (exact) mass is 341 g/mol. The molecular weight excluding hydrogens is 325 g/mol. The molecule has 25 heavy (non-hydrogen) atoms. The Hall–Kier alpha value is -3.09. The largest absolute Gasteiger partial charge is 0.505 e. The summed E-state index contributed by atoms with van der Waals surface area (Å²) in [6.07, 6.45) is 1.62. The molecule has 0 bridgehead atoms. The number of hydrogen-bond acceptors (Lipinski definition) is 3. The first-order valence-corrected chi connectivity index (χ1v) is 7.92. The molecule has 6 nitrogen and oxygen atoms in total. The number of halogens is 1. The van der Waals surface area contributed by atoms with Crippen LogP contribution in [0.3, 0.4) is 0 Å². The third kappa shape index (κ3) is 2.31. The fraction of sp³-hybridized carbons (Fsp3) is 0.222. The van der Waals surface area contributed by atoms with Gasteiger partial charge in [-0.1, -0.05) is 12.1 Å². The van der Waals surface area contributed by atoms with Crippen molar-refractivity contribution in [1.29, 1.82) is 0 Å². The van der Waals surface area contributed by atoms with Crippen LogP contribution in [0.15, 0.2) is 41.3 Å². The van der Waals surface area contributed by atoms with Crippen LogP contribution in [0.5, 0.6) is 5.75 Å². The van der Waals surface area contributed by atoms with Crippen molar-refractivity contribution in [3.63, 3.8) is 0 Å². The third-order valence-electron chi connectivity index (χ3n) is 4.64. The molecule has 7 heteroatoms. The summed E-state index contributed by atoms with van der Waals surface area (Å²) in [6.45, 7) is 1.24. The minimum absolute atomic E-state index is 0.131. The Morgan fingerprint density at radius 3 is 2.56 bits per heavy atom. The van der Waals surface area contributed by atoms with Crippen molar-refractivity contribution in [3.05, 3.63) is 64.0 Å². The highest BCUT2D eigenvalue weighted by molar-refractivity contribution is 6.04. The van der Waals surface area contributed by atoms with E-state index in [9.17, 15) is 19.1 Å². The molecule has 2 aromatic heterocycles. The lowest BCUT2D eigenvalue weighted by atomic mass is 10.2. The Balaban J connectivity index is 1.77. The number of fused-ring (bicyclic) bond motifs is 3. The SMILES string of the molecule is Cn1ccc2c(c(O)c3n2CCN(Cc2ccc(F)cc2)C3=O)c1=O. The molecule has 1 aromatic carbocycles. The zero-order valence-electron chi connectivity index (χ0n) is 13.6. The number of rotatable bonds is 2. The van der Waals surface area contributed by atoms with Crippen molar-refractivity contribution >= 4 is 16.8 Å². The van der Waals surface area contributed by atoms with E-state index in [-0.39, 0.29) is 34.1 Å². The van der Waals surface area contributed by atoms with Gasteiger partial charge in [0.15, 0.2) is 11.4 Å². The molecule has 3 aromatic rings. The van der Waals surface area contributed by atoms with Crippen LogP contribution in [0.2, 0.25) is 0 Å². The molecule has 0 radical (unpaired) electrons. The van der Waals surface area contributed by atoms with Gasteiger partial charge in [-0.3, -0.25) is 9.59 Å². The summed E-state index contributed by atoms with van der Waals surface area (Å²) >= 11 is 0. The molecular formula is C18H16FN3O3. The van der Waals surface area contributed by atoms with E-state index >= 15 is 0 Å². The Bertz CT molecular complexity index is 1050. The fourth-order valence-electron chi connectivity index (χ4n) is 3.32. The standard InChI is InChI=1S/C18H16FN3O3/c1-20-7-6-13-14(17(20)24)16(23)15-18(25)21(8-9-22(13)15)10-11-2-4-12(19)5-3-11/h2-7,23H,8-10H2,1H3. The third-order valence-corrected chi connectivity index (χ3v) is 4.64. The number of aromatic nitrogens is 2. The fourth-order valence-corrected chi connectivity index (χ4v) is 3.32. The molecule has 1 amide bonds. The van der Waals surface area contributed by atoms with E-state index in [0.717, 1.165) is 5.56 Å². The molecule has 0 fully saturated rings. The van der Waals surface area contributed by atoms with E-state index in [2.05, 4.69) is 0 Å². The maximum Gasteiger partial charge on any atom is 0.274 e. The number of carbonyl (C=O) groups excluding carboxylic acids is 1. The summed E-state index contributed by atoms with van der Waals surface area (Å²) in [5, 5.41) is 10.7. The highest BCUT2D eigenvalue weighted by atomic mass is 19.1. The van der Waals surface area contributed by atoms with Gasteiger partial charge in [0.1, 0.15) is 11.2 Å². The highest BCUT2D eigenvalue weighted by Gasteiger charge is 2.32. The van der Waals surface area contributed by atoms with Crippen LogP contribution in [0, 0.1) is 5.82 Å². The lowest BCUT2D eigenvalue weighted by Crippen LogP contribution is -2.39. The van der Waals surface area contributed by atoms with Crippen molar-refractivity contribution in [2.24, 2.45) is 7.05 Å². The van der Waals surface area contributed by atoms with Crippen LogP contribution in [0.4, 0.5) is 4.39 Å². The van der Waals surface area contributed by atoms with Gasteiger partial charge >= 0.3 is 0 Å². The van der Waals surface area contributed by atoms with Crippen molar-refractivity contribution < 1.29 is 14.3 Å². The van der Waals surface area contributed by atoms with Crippen molar-refractivity contribution in [2.45, 2.75) is 13.1 Å². The van der Waals surface area contributed by atoms with E-state index in [1.165, 1.54) is 16.7 Å². The van der Waals surface area contributed by atoms with Gasteiger partial charge in [0, 0.05) is 32.9 Å². The molecule has 0 atom stereocenters. The summed E-state index contributed by atoms with van der Waals surface area (Å²) in [5.41, 5.74) is 1.15. The van der Waals surface area contributed by atoms with Crippen LogP contribution < -0.4 is 5.56 Å². The predicted octanol–water partition coefficient (Wildman–Crippen LogP) is 1.84. The molecule has 1 aliphatic rings. The molecule has 128 valence electrons. The van der Waals surface area contributed by atoms with E-state index in [4.69, 9.17) is 0 Å². The molecule has 1 aliphatic heterocycles. The smallest absolute Gasteiger partial charge is 0.274 e. The number of aryl methyl sites for hydroxylation is 1. The van der Waals surface area contributed by atoms with Gasteiger partial charge in [-0.05, 0) is 23.8 Å². The predicted molar refractivity (Wildman–Crippen MR) is 90.0 cm³/mol. The zero-order valence-corrected chi connectivity index (χ0v) is 13.6. The first kappa shape index (κ1) is 15.4. The van der Waals surface area contributed by atoms with E-state index in [1.54, 1.807) is 40.9 Å². The number of nitrogens with zero attached hydrogens (tertiary/aromatic N) is 3. The van der Waals surface area contributed by atoms with Gasteiger partial charge in [-0.15, -0.1) is 0 Å². The van der Waals surface area contributed by atoms with E-state index < -0.39 is 0 Å². The molecule has 3 heterocycles. The summed E-state index contributed by atoms with van der Waals surface area (Å²) in [5.74, 6) is -0.946. The van der Waals surface area contributed by atoms with Gasteiger partial charge in [0.25, 0.3) is 11.5 Å². The van der Waals surface area contributed by atoms with Crippen LogP contribution >= 0.6 is 0 Å². The maximum atomic E-state index is 13.0. The van der Waals surface area contributed by atoms with E-state index in [1.807, 2.05) is 0 Å². The Morgan fingerprint density at radius 1 is 1.12 bits per heavy atom. The lowest BCUT2D eigenvalue weighted by molar-refractivity contribution is 0.0689. The van der Waals surface area contributed by atoms with Gasteiger partial charge in [0.2, 0.25) is 0 Å². The van der Waals surface area contributed by atoms with Crippen molar-refractivity contribution in [1.82, 2.24) is 14.0 Å². The van der Waals surface area contributed by atoms with Crippen LogP contribution in [0.1, 0.15) is 16.1 Å². The summed E-state index contributed by atoms with van der Waals surface area (Å²) in [4.78, 5) is 26.7. The van der Waals surface area contributed by atoms with E-state index in [0.29, 0.717) is 25.2 Å². The average molecular weight is 341 g/mol. The second kappa shape index (κ2) is 5.47. The van der Waals surface area contributed by atoms with Gasteiger partial charge in [-0.25, -0.2) is 4.39 Å². The lowest BCUT2D eigenvalue weighted by Gasteiger charge is -2.28. The zero-order chi connectivity index (χ0) is 17.7. The first-order valence-electron chi connectivity index (χ1n) is 7.92. The maximum absolute atomic E-state index is 13.0. The minimum atomic E-state index is -0.341. The molecule has 0 saturated heterocycles. The number of hydrogen-bond donors (Lipinski definition) is 1. The second-order valence-electron chi connectivity index (χ2n) is 6.19. The number of amides is 1. The van der Waals surface area contributed by atoms with Crippen LogP contribution in [-0.4, -0.2) is 31.6 Å². The second-order valence-corrected chi connectivity index (χ2v) is 6.19. The van der Waals surface area contributed by atoms with Gasteiger partial charge in [0.05, 0.1) is 5.52 Å². The summed E-state index contributed by atoms with van der Waals surface area (Å²) in [7, 11) is 1.60. The number of aromatic hydroxyl groups is 1. The van der Waals surface area contributed by atoms with Crippen molar-refractivity contribution in [2.75, 3.05) is 6.54 Å². The van der Waals surface area contributed by atoms with Crippen molar-refractivity contribution in [3.8, 4) is 5.75 Å². The normalized spacial score (nSPS) is 14.2. The topological polar surface area (TPSA) is 67.5 Å². The minimum Gasteiger partial charge on any atom is -0.505 e. The molecule has 4 rings (SSSR count). The quantitative estimate of drug-likeness (QED) is 0.773. The summed E-state index contributed by atoms with van der Waals surface area (Å²) in [6, 6.07) is 7.68. The Morgan fingerprint density at radius 2 is 1.84 bits per heavy atom. The Kier molecular flexibility index (Phi) is 3.38. The van der Waals surface area contributed by atoms with Crippen LogP contribution in [-0.2, 0) is 20.1 Å². The molecule has 0 aliphatic carbocycles. The summed E-state index contributed by atoms with van der Waals surface area (Å²) < 4.78 is 16.1. The Labute approximate surface area is 142 Å². The number of benzene rings is 1.